The van der Waals surface area contributed by atoms with Crippen molar-refractivity contribution in [1.29, 1.82) is 0 Å². The molecule has 1 aliphatic rings. The predicted octanol–water partition coefficient (Wildman–Crippen LogP) is 3.42. The highest BCUT2D eigenvalue weighted by atomic mass is 19.1. The van der Waals surface area contributed by atoms with Crippen LogP contribution in [0.2, 0.25) is 0 Å². The van der Waals surface area contributed by atoms with Gasteiger partial charge in [0.25, 0.3) is 5.91 Å². The molecule has 2 aromatic rings. The maximum Gasteiger partial charge on any atom is 0.272 e. The Morgan fingerprint density at radius 2 is 1.96 bits per heavy atom. The molecular formula is C18H22FN3O. The van der Waals surface area contributed by atoms with Gasteiger partial charge in [0, 0.05) is 17.8 Å². The van der Waals surface area contributed by atoms with Gasteiger partial charge in [0.05, 0.1) is 5.69 Å². The summed E-state index contributed by atoms with van der Waals surface area (Å²) in [6.07, 6.45) is 6.01. The summed E-state index contributed by atoms with van der Waals surface area (Å²) in [6.45, 7) is 2.68. The summed E-state index contributed by atoms with van der Waals surface area (Å²) in [4.78, 5) is 12.4. The Labute approximate surface area is 135 Å². The highest BCUT2D eigenvalue weighted by Crippen LogP contribution is 2.26. The summed E-state index contributed by atoms with van der Waals surface area (Å²) >= 11 is 0. The number of fused-ring (bicyclic) bond motifs is 1. The van der Waals surface area contributed by atoms with Gasteiger partial charge in [-0.05, 0) is 56.4 Å². The van der Waals surface area contributed by atoms with Gasteiger partial charge in [0.15, 0.2) is 5.69 Å². The average molecular weight is 315 g/mol. The molecule has 0 spiro atoms. The summed E-state index contributed by atoms with van der Waals surface area (Å²) in [7, 11) is 0. The number of carbonyl (C=O) groups is 1. The van der Waals surface area contributed by atoms with Crippen LogP contribution in [0.15, 0.2) is 24.3 Å². The van der Waals surface area contributed by atoms with E-state index in [1.165, 1.54) is 12.1 Å². The Morgan fingerprint density at radius 1 is 1.22 bits per heavy atom. The van der Waals surface area contributed by atoms with Gasteiger partial charge in [0.2, 0.25) is 0 Å². The van der Waals surface area contributed by atoms with Crippen LogP contribution < -0.4 is 5.32 Å². The van der Waals surface area contributed by atoms with Crippen LogP contribution in [-0.4, -0.2) is 22.2 Å². The quantitative estimate of drug-likeness (QED) is 0.879. The molecule has 0 bridgehead atoms. The third-order valence-corrected chi connectivity index (χ3v) is 4.25. The molecule has 122 valence electrons. The zero-order valence-electron chi connectivity index (χ0n) is 13.4. The van der Waals surface area contributed by atoms with Crippen molar-refractivity contribution < 1.29 is 9.18 Å². The van der Waals surface area contributed by atoms with E-state index in [0.29, 0.717) is 12.2 Å². The van der Waals surface area contributed by atoms with Crippen molar-refractivity contribution in [2.75, 3.05) is 6.54 Å². The predicted molar refractivity (Wildman–Crippen MR) is 87.4 cm³/mol. The van der Waals surface area contributed by atoms with E-state index in [1.54, 1.807) is 12.1 Å². The van der Waals surface area contributed by atoms with E-state index in [0.717, 1.165) is 55.5 Å². The number of hydrogen-bond acceptors (Lipinski definition) is 2. The molecule has 4 nitrogen and oxygen atoms in total. The average Bonchev–Trinajstić information content (AvgIpc) is 2.75. The number of carbonyl (C=O) groups excluding carboxylic acids is 1. The van der Waals surface area contributed by atoms with Crippen LogP contribution in [0.25, 0.3) is 5.69 Å². The van der Waals surface area contributed by atoms with E-state index in [9.17, 15) is 9.18 Å². The number of amides is 1. The van der Waals surface area contributed by atoms with Gasteiger partial charge in [0.1, 0.15) is 5.82 Å². The minimum absolute atomic E-state index is 0.106. The molecule has 0 unspecified atom stereocenters. The molecule has 23 heavy (non-hydrogen) atoms. The van der Waals surface area contributed by atoms with E-state index in [1.807, 2.05) is 11.6 Å². The second kappa shape index (κ2) is 6.94. The van der Waals surface area contributed by atoms with Gasteiger partial charge in [-0.3, -0.25) is 4.79 Å². The Balaban J connectivity index is 2.04. The number of hydrogen-bond donors (Lipinski definition) is 1. The first-order chi connectivity index (χ1) is 11.2. The standard InChI is InChI=1S/C18H22FN3O/c1-2-12-20-18(23)17-15-6-4-3-5-7-16(15)22(21-17)14-10-8-13(19)9-11-14/h8-11H,2-7,12H2,1H3,(H,20,23). The van der Waals surface area contributed by atoms with Crippen LogP contribution in [0.1, 0.15) is 54.4 Å². The van der Waals surface area contributed by atoms with E-state index in [4.69, 9.17) is 0 Å². The highest BCUT2D eigenvalue weighted by Gasteiger charge is 2.24. The smallest absolute Gasteiger partial charge is 0.272 e. The van der Waals surface area contributed by atoms with Crippen molar-refractivity contribution in [3.05, 3.63) is 47.0 Å². The molecule has 0 fully saturated rings. The zero-order chi connectivity index (χ0) is 16.2. The number of halogens is 1. The first kappa shape index (κ1) is 15.7. The molecule has 1 aliphatic carbocycles. The molecule has 0 saturated heterocycles. The number of aromatic nitrogens is 2. The Bertz CT molecular complexity index is 691. The van der Waals surface area contributed by atoms with Gasteiger partial charge >= 0.3 is 0 Å². The number of rotatable bonds is 4. The molecule has 1 aromatic heterocycles. The van der Waals surface area contributed by atoms with E-state index < -0.39 is 0 Å². The maximum atomic E-state index is 13.2. The Morgan fingerprint density at radius 3 is 2.70 bits per heavy atom. The Hall–Kier alpha value is -2.17. The summed E-state index contributed by atoms with van der Waals surface area (Å²) in [5, 5.41) is 7.49. The van der Waals surface area contributed by atoms with E-state index in [2.05, 4.69) is 10.4 Å². The van der Waals surface area contributed by atoms with Gasteiger partial charge < -0.3 is 5.32 Å². The third-order valence-electron chi connectivity index (χ3n) is 4.25. The van der Waals surface area contributed by atoms with Crippen LogP contribution in [0.3, 0.4) is 0 Å². The largest absolute Gasteiger partial charge is 0.351 e. The molecule has 5 heteroatoms. The monoisotopic (exact) mass is 315 g/mol. The fourth-order valence-electron chi connectivity index (χ4n) is 3.08. The summed E-state index contributed by atoms with van der Waals surface area (Å²) in [6, 6.07) is 6.27. The van der Waals surface area contributed by atoms with Crippen molar-refractivity contribution in [3.63, 3.8) is 0 Å². The Kier molecular flexibility index (Phi) is 4.74. The molecule has 0 aliphatic heterocycles. The van der Waals surface area contributed by atoms with Crippen LogP contribution in [-0.2, 0) is 12.8 Å². The number of benzene rings is 1. The lowest BCUT2D eigenvalue weighted by molar-refractivity contribution is 0.0947. The number of nitrogens with one attached hydrogen (secondary N) is 1. The van der Waals surface area contributed by atoms with E-state index >= 15 is 0 Å². The SMILES string of the molecule is CCCNC(=O)c1nn(-c2ccc(F)cc2)c2c1CCCCC2. The van der Waals surface area contributed by atoms with Crippen LogP contribution in [0, 0.1) is 5.82 Å². The normalized spacial score (nSPS) is 14.2. The molecule has 0 saturated carbocycles. The lowest BCUT2D eigenvalue weighted by Gasteiger charge is -2.07. The van der Waals surface area contributed by atoms with Crippen molar-refractivity contribution >= 4 is 5.91 Å². The van der Waals surface area contributed by atoms with Crippen LogP contribution >= 0.6 is 0 Å². The third kappa shape index (κ3) is 3.28. The zero-order valence-corrected chi connectivity index (χ0v) is 13.4. The minimum atomic E-state index is -0.270. The van der Waals surface area contributed by atoms with E-state index in [-0.39, 0.29) is 11.7 Å². The second-order valence-corrected chi connectivity index (χ2v) is 5.98. The van der Waals surface area contributed by atoms with Gasteiger partial charge in [-0.25, -0.2) is 9.07 Å². The van der Waals surface area contributed by atoms with Crippen molar-refractivity contribution in [2.45, 2.75) is 45.4 Å². The first-order valence-electron chi connectivity index (χ1n) is 8.35. The first-order valence-corrected chi connectivity index (χ1v) is 8.35. The molecule has 1 amide bonds. The molecule has 1 N–H and O–H groups in total. The number of nitrogens with zero attached hydrogens (tertiary/aromatic N) is 2. The summed E-state index contributed by atoms with van der Waals surface area (Å²) < 4.78 is 15.0. The molecule has 1 aromatic carbocycles. The fourth-order valence-corrected chi connectivity index (χ4v) is 3.08. The van der Waals surface area contributed by atoms with Crippen LogP contribution in [0.5, 0.6) is 0 Å². The summed E-state index contributed by atoms with van der Waals surface area (Å²) in [5.41, 5.74) is 3.48. The van der Waals surface area contributed by atoms with Crippen LogP contribution in [0.4, 0.5) is 4.39 Å². The lowest BCUT2D eigenvalue weighted by atomic mass is 10.1. The maximum absolute atomic E-state index is 13.2. The fraction of sp³-hybridized carbons (Fsp3) is 0.444. The summed E-state index contributed by atoms with van der Waals surface area (Å²) in [5.74, 6) is -0.376. The van der Waals surface area contributed by atoms with Gasteiger partial charge in [-0.1, -0.05) is 13.3 Å². The molecule has 0 radical (unpaired) electrons. The molecule has 1 heterocycles. The molecule has 0 atom stereocenters. The topological polar surface area (TPSA) is 46.9 Å². The van der Waals surface area contributed by atoms with Crippen molar-refractivity contribution in [2.24, 2.45) is 0 Å². The van der Waals surface area contributed by atoms with Crippen molar-refractivity contribution in [1.82, 2.24) is 15.1 Å². The van der Waals surface area contributed by atoms with Gasteiger partial charge in [-0.15, -0.1) is 0 Å². The highest BCUT2D eigenvalue weighted by molar-refractivity contribution is 5.94. The molecular weight excluding hydrogens is 293 g/mol. The van der Waals surface area contributed by atoms with Gasteiger partial charge in [-0.2, -0.15) is 5.10 Å². The minimum Gasteiger partial charge on any atom is -0.351 e. The lowest BCUT2D eigenvalue weighted by Crippen LogP contribution is -2.25. The second-order valence-electron chi connectivity index (χ2n) is 5.98. The van der Waals surface area contributed by atoms with Crippen molar-refractivity contribution in [3.8, 4) is 5.69 Å². The molecule has 3 rings (SSSR count).